The van der Waals surface area contributed by atoms with Crippen LogP contribution < -0.4 is 4.90 Å². The lowest BCUT2D eigenvalue weighted by atomic mass is 9.94. The van der Waals surface area contributed by atoms with Crippen molar-refractivity contribution in [3.8, 4) is 0 Å². The van der Waals surface area contributed by atoms with Crippen LogP contribution in [0.4, 0.5) is 5.69 Å². The van der Waals surface area contributed by atoms with Crippen molar-refractivity contribution in [1.82, 2.24) is 0 Å². The molecular weight excluding hydrogens is 158 g/mol. The number of para-hydroxylation sites is 1. The summed E-state index contributed by atoms with van der Waals surface area (Å²) >= 11 is 0. The van der Waals surface area contributed by atoms with Crippen molar-refractivity contribution in [2.24, 2.45) is 11.8 Å². The maximum Gasteiger partial charge on any atom is 0.0366 e. The van der Waals surface area contributed by atoms with Crippen LogP contribution in [-0.2, 0) is 0 Å². The molecule has 0 radical (unpaired) electrons. The van der Waals surface area contributed by atoms with Crippen molar-refractivity contribution in [3.05, 3.63) is 30.3 Å². The SMILES string of the molecule is c1ccc(N2CC(C3CC3)C2)cc1. The highest BCUT2D eigenvalue weighted by atomic mass is 15.2. The summed E-state index contributed by atoms with van der Waals surface area (Å²) in [6, 6.07) is 10.8. The van der Waals surface area contributed by atoms with Crippen LogP contribution in [0.3, 0.4) is 0 Å². The second-order valence-corrected chi connectivity index (χ2v) is 4.34. The molecule has 1 aromatic rings. The van der Waals surface area contributed by atoms with Gasteiger partial charge in [-0.1, -0.05) is 18.2 Å². The largest absolute Gasteiger partial charge is 0.371 e. The van der Waals surface area contributed by atoms with Crippen LogP contribution in [0.2, 0.25) is 0 Å². The van der Waals surface area contributed by atoms with E-state index in [1.165, 1.54) is 31.6 Å². The zero-order valence-electron chi connectivity index (χ0n) is 7.82. The van der Waals surface area contributed by atoms with Gasteiger partial charge in [0.05, 0.1) is 0 Å². The van der Waals surface area contributed by atoms with Gasteiger partial charge in [-0.05, 0) is 36.8 Å². The van der Waals surface area contributed by atoms with Crippen molar-refractivity contribution in [1.29, 1.82) is 0 Å². The summed E-state index contributed by atoms with van der Waals surface area (Å²) in [5, 5.41) is 0. The van der Waals surface area contributed by atoms with Gasteiger partial charge in [0.15, 0.2) is 0 Å². The molecule has 0 bridgehead atoms. The number of benzene rings is 1. The third-order valence-electron chi connectivity index (χ3n) is 3.32. The van der Waals surface area contributed by atoms with E-state index >= 15 is 0 Å². The van der Waals surface area contributed by atoms with Gasteiger partial charge < -0.3 is 4.90 Å². The minimum Gasteiger partial charge on any atom is -0.371 e. The van der Waals surface area contributed by atoms with Crippen molar-refractivity contribution in [2.75, 3.05) is 18.0 Å². The Balaban J connectivity index is 1.64. The first-order chi connectivity index (χ1) is 6.43. The fourth-order valence-corrected chi connectivity index (χ4v) is 2.23. The van der Waals surface area contributed by atoms with Gasteiger partial charge in [-0.3, -0.25) is 0 Å². The standard InChI is InChI=1S/C12H15N/c1-2-4-12(5-3-1)13-8-11(9-13)10-6-7-10/h1-5,10-11H,6-9H2. The topological polar surface area (TPSA) is 3.24 Å². The van der Waals surface area contributed by atoms with E-state index in [0.717, 1.165) is 11.8 Å². The lowest BCUT2D eigenvalue weighted by Crippen LogP contribution is -2.47. The van der Waals surface area contributed by atoms with E-state index in [2.05, 4.69) is 35.2 Å². The Morgan fingerprint density at radius 3 is 2.23 bits per heavy atom. The molecule has 1 saturated heterocycles. The van der Waals surface area contributed by atoms with Gasteiger partial charge in [-0.2, -0.15) is 0 Å². The van der Waals surface area contributed by atoms with Crippen LogP contribution in [0.25, 0.3) is 0 Å². The second-order valence-electron chi connectivity index (χ2n) is 4.34. The molecule has 0 spiro atoms. The fourth-order valence-electron chi connectivity index (χ4n) is 2.23. The molecule has 1 saturated carbocycles. The predicted octanol–water partition coefficient (Wildman–Crippen LogP) is 2.53. The number of hydrogen-bond donors (Lipinski definition) is 0. The molecule has 0 N–H and O–H groups in total. The first kappa shape index (κ1) is 7.43. The third kappa shape index (κ3) is 1.32. The van der Waals surface area contributed by atoms with Crippen LogP contribution in [0, 0.1) is 11.8 Å². The van der Waals surface area contributed by atoms with E-state index in [1.807, 2.05) is 0 Å². The highest BCUT2D eigenvalue weighted by molar-refractivity contribution is 5.48. The van der Waals surface area contributed by atoms with Crippen LogP contribution >= 0.6 is 0 Å². The summed E-state index contributed by atoms with van der Waals surface area (Å²) in [6.45, 7) is 2.60. The molecule has 68 valence electrons. The maximum atomic E-state index is 2.49. The van der Waals surface area contributed by atoms with Gasteiger partial charge in [-0.15, -0.1) is 0 Å². The Kier molecular flexibility index (Phi) is 1.58. The van der Waals surface area contributed by atoms with E-state index in [9.17, 15) is 0 Å². The van der Waals surface area contributed by atoms with Crippen LogP contribution in [0.1, 0.15) is 12.8 Å². The molecule has 1 nitrogen and oxygen atoms in total. The average Bonchev–Trinajstić information content (AvgIpc) is 2.88. The van der Waals surface area contributed by atoms with E-state index in [1.54, 1.807) is 0 Å². The molecule has 1 aromatic carbocycles. The second kappa shape index (κ2) is 2.76. The average molecular weight is 173 g/mol. The molecule has 3 rings (SSSR count). The molecule has 2 fully saturated rings. The van der Waals surface area contributed by atoms with Crippen molar-refractivity contribution in [3.63, 3.8) is 0 Å². The molecule has 1 heterocycles. The van der Waals surface area contributed by atoms with Gasteiger partial charge in [0.1, 0.15) is 0 Å². The Hall–Kier alpha value is -0.980. The molecule has 0 amide bonds. The van der Waals surface area contributed by atoms with Crippen molar-refractivity contribution >= 4 is 5.69 Å². The summed E-state index contributed by atoms with van der Waals surface area (Å²) in [4.78, 5) is 2.49. The van der Waals surface area contributed by atoms with Gasteiger partial charge in [-0.25, -0.2) is 0 Å². The Morgan fingerprint density at radius 2 is 1.62 bits per heavy atom. The minimum atomic E-state index is 1.01. The van der Waals surface area contributed by atoms with E-state index in [-0.39, 0.29) is 0 Å². The smallest absolute Gasteiger partial charge is 0.0366 e. The van der Waals surface area contributed by atoms with Crippen LogP contribution in [0.5, 0.6) is 0 Å². The Labute approximate surface area is 79.4 Å². The van der Waals surface area contributed by atoms with E-state index in [4.69, 9.17) is 0 Å². The lowest BCUT2D eigenvalue weighted by Gasteiger charge is -2.41. The first-order valence-corrected chi connectivity index (χ1v) is 5.23. The van der Waals surface area contributed by atoms with Crippen LogP contribution in [-0.4, -0.2) is 13.1 Å². The van der Waals surface area contributed by atoms with Gasteiger partial charge in [0.2, 0.25) is 0 Å². The predicted molar refractivity (Wildman–Crippen MR) is 54.9 cm³/mol. The number of hydrogen-bond acceptors (Lipinski definition) is 1. The zero-order valence-corrected chi connectivity index (χ0v) is 7.82. The quantitative estimate of drug-likeness (QED) is 0.664. The van der Waals surface area contributed by atoms with Crippen molar-refractivity contribution < 1.29 is 0 Å². The van der Waals surface area contributed by atoms with E-state index in [0.29, 0.717) is 0 Å². The molecule has 0 aromatic heterocycles. The summed E-state index contributed by atoms with van der Waals surface area (Å²) in [7, 11) is 0. The summed E-state index contributed by atoms with van der Waals surface area (Å²) in [6.07, 6.45) is 2.99. The highest BCUT2D eigenvalue weighted by Crippen LogP contribution is 2.42. The fraction of sp³-hybridized carbons (Fsp3) is 0.500. The highest BCUT2D eigenvalue weighted by Gasteiger charge is 2.38. The van der Waals surface area contributed by atoms with Crippen molar-refractivity contribution in [2.45, 2.75) is 12.8 Å². The molecule has 0 unspecified atom stereocenters. The summed E-state index contributed by atoms with van der Waals surface area (Å²) < 4.78 is 0. The number of nitrogens with zero attached hydrogens (tertiary/aromatic N) is 1. The molecule has 0 atom stereocenters. The molecule has 1 aliphatic carbocycles. The van der Waals surface area contributed by atoms with Gasteiger partial charge in [0, 0.05) is 18.8 Å². The first-order valence-electron chi connectivity index (χ1n) is 5.23. The summed E-state index contributed by atoms with van der Waals surface area (Å²) in [5.41, 5.74) is 1.40. The van der Waals surface area contributed by atoms with Crippen LogP contribution in [0.15, 0.2) is 30.3 Å². The normalized spacial score (nSPS) is 22.9. The lowest BCUT2D eigenvalue weighted by molar-refractivity contribution is 0.364. The van der Waals surface area contributed by atoms with Gasteiger partial charge in [0.25, 0.3) is 0 Å². The molecule has 1 aliphatic heterocycles. The third-order valence-corrected chi connectivity index (χ3v) is 3.32. The zero-order chi connectivity index (χ0) is 8.67. The molecular formula is C12H15N. The Morgan fingerprint density at radius 1 is 0.923 bits per heavy atom. The summed E-state index contributed by atoms with van der Waals surface area (Å²) in [5.74, 6) is 2.10. The number of anilines is 1. The molecule has 1 heteroatoms. The van der Waals surface area contributed by atoms with E-state index < -0.39 is 0 Å². The monoisotopic (exact) mass is 173 g/mol. The van der Waals surface area contributed by atoms with Gasteiger partial charge >= 0.3 is 0 Å². The number of rotatable bonds is 2. The molecule has 2 aliphatic rings. The molecule has 13 heavy (non-hydrogen) atoms. The minimum absolute atomic E-state index is 1.01. The Bertz CT molecular complexity index is 283. The maximum absolute atomic E-state index is 2.49.